The van der Waals surface area contributed by atoms with E-state index in [0.29, 0.717) is 0 Å². The lowest BCUT2D eigenvalue weighted by atomic mass is 10.4. The Morgan fingerprint density at radius 3 is 2.18 bits per heavy atom. The predicted molar refractivity (Wildman–Crippen MR) is 48.6 cm³/mol. The zero-order valence-electron chi connectivity index (χ0n) is 6.74. The van der Waals surface area contributed by atoms with Gasteiger partial charge in [0, 0.05) is 4.90 Å². The van der Waals surface area contributed by atoms with Crippen LogP contribution in [0.15, 0.2) is 35.2 Å². The van der Waals surface area contributed by atoms with Gasteiger partial charge >= 0.3 is 0 Å². The highest BCUT2D eigenvalue weighted by Crippen LogP contribution is 2.29. The monoisotopic (exact) mass is 168 g/mol. The molecule has 0 amide bonds. The Kier molecular flexibility index (Phi) is 2.58. The van der Waals surface area contributed by atoms with E-state index in [4.69, 9.17) is 0 Å². The van der Waals surface area contributed by atoms with Crippen molar-refractivity contribution in [2.24, 2.45) is 0 Å². The van der Waals surface area contributed by atoms with Gasteiger partial charge < -0.3 is 5.11 Å². The van der Waals surface area contributed by atoms with E-state index < -0.39 is 4.93 Å². The summed E-state index contributed by atoms with van der Waals surface area (Å²) in [5.41, 5.74) is 0. The summed E-state index contributed by atoms with van der Waals surface area (Å²) in [6.07, 6.45) is 0. The Morgan fingerprint density at radius 2 is 1.73 bits per heavy atom. The van der Waals surface area contributed by atoms with Crippen molar-refractivity contribution in [1.29, 1.82) is 0 Å². The van der Waals surface area contributed by atoms with Crippen LogP contribution in [0.3, 0.4) is 0 Å². The van der Waals surface area contributed by atoms with Crippen molar-refractivity contribution < 1.29 is 5.11 Å². The maximum atomic E-state index is 9.43. The summed E-state index contributed by atoms with van der Waals surface area (Å²) in [4.78, 5) is 0.418. The minimum atomic E-state index is -0.679. The summed E-state index contributed by atoms with van der Waals surface area (Å²) in [6.45, 7) is 3.56. The molecule has 0 aromatic heterocycles. The largest absolute Gasteiger partial charge is 0.380 e. The summed E-state index contributed by atoms with van der Waals surface area (Å²) in [5.74, 6) is 0. The van der Waals surface area contributed by atoms with Crippen molar-refractivity contribution in [2.75, 3.05) is 0 Å². The van der Waals surface area contributed by atoms with Gasteiger partial charge in [0.1, 0.15) is 4.93 Å². The van der Waals surface area contributed by atoms with Gasteiger partial charge in [0.05, 0.1) is 0 Å². The van der Waals surface area contributed by atoms with Crippen molar-refractivity contribution >= 4 is 11.8 Å². The highest BCUT2D eigenvalue weighted by molar-refractivity contribution is 8.00. The predicted octanol–water partition coefficient (Wildman–Crippen LogP) is 2.51. The van der Waals surface area contributed by atoms with Gasteiger partial charge in [0.2, 0.25) is 0 Å². The van der Waals surface area contributed by atoms with E-state index in [2.05, 4.69) is 0 Å². The van der Waals surface area contributed by atoms with Gasteiger partial charge in [0.25, 0.3) is 0 Å². The van der Waals surface area contributed by atoms with Crippen LogP contribution in [0.2, 0.25) is 0 Å². The average molecular weight is 168 g/mol. The number of aliphatic hydroxyl groups is 1. The minimum Gasteiger partial charge on any atom is -0.380 e. The molecule has 0 radical (unpaired) electrons. The van der Waals surface area contributed by atoms with E-state index in [9.17, 15) is 5.11 Å². The first-order valence-electron chi connectivity index (χ1n) is 3.54. The average Bonchev–Trinajstić information content (AvgIpc) is 1.85. The molecular weight excluding hydrogens is 156 g/mol. The molecule has 0 heterocycles. The van der Waals surface area contributed by atoms with Crippen molar-refractivity contribution in [3.63, 3.8) is 0 Å². The van der Waals surface area contributed by atoms with Gasteiger partial charge in [-0.05, 0) is 26.0 Å². The molecule has 1 nitrogen and oxygen atoms in total. The molecule has 1 N–H and O–H groups in total. The molecule has 0 aliphatic rings. The number of rotatable bonds is 2. The molecule has 1 aromatic rings. The van der Waals surface area contributed by atoms with Gasteiger partial charge in [-0.3, -0.25) is 0 Å². The Hall–Kier alpha value is -0.470. The van der Waals surface area contributed by atoms with Gasteiger partial charge in [-0.15, -0.1) is 0 Å². The summed E-state index contributed by atoms with van der Waals surface area (Å²) < 4.78 is 0. The maximum Gasteiger partial charge on any atom is 0.109 e. The molecule has 60 valence electrons. The minimum absolute atomic E-state index is 0.679. The van der Waals surface area contributed by atoms with Crippen LogP contribution in [0, 0.1) is 0 Å². The summed E-state index contributed by atoms with van der Waals surface area (Å²) in [7, 11) is 0. The van der Waals surface area contributed by atoms with Crippen molar-refractivity contribution in [3.8, 4) is 0 Å². The number of thioether (sulfide) groups is 1. The molecule has 0 spiro atoms. The molecule has 0 fully saturated rings. The SMILES string of the molecule is CC(C)(O)Sc1ccccc1. The zero-order valence-corrected chi connectivity index (χ0v) is 7.56. The van der Waals surface area contributed by atoms with Crippen molar-refractivity contribution in [3.05, 3.63) is 30.3 Å². The van der Waals surface area contributed by atoms with Crippen molar-refractivity contribution in [2.45, 2.75) is 23.7 Å². The lowest BCUT2D eigenvalue weighted by Gasteiger charge is -2.15. The van der Waals surface area contributed by atoms with Crippen LogP contribution >= 0.6 is 11.8 Å². The molecule has 2 heteroatoms. The molecule has 11 heavy (non-hydrogen) atoms. The van der Waals surface area contributed by atoms with E-state index in [1.54, 1.807) is 13.8 Å². The fourth-order valence-electron chi connectivity index (χ4n) is 0.777. The number of hydrogen-bond donors (Lipinski definition) is 1. The molecule has 0 unspecified atom stereocenters. The fourth-order valence-corrected chi connectivity index (χ4v) is 1.65. The smallest absolute Gasteiger partial charge is 0.109 e. The number of benzene rings is 1. The second-order valence-corrected chi connectivity index (χ2v) is 4.54. The molecule has 0 aliphatic heterocycles. The van der Waals surface area contributed by atoms with Crippen LogP contribution < -0.4 is 0 Å². The van der Waals surface area contributed by atoms with E-state index in [-0.39, 0.29) is 0 Å². The summed E-state index contributed by atoms with van der Waals surface area (Å²) >= 11 is 1.46. The first kappa shape index (κ1) is 8.62. The molecule has 0 saturated carbocycles. The molecule has 0 saturated heterocycles. The van der Waals surface area contributed by atoms with Gasteiger partial charge in [-0.25, -0.2) is 0 Å². The van der Waals surface area contributed by atoms with Crippen LogP contribution in [-0.4, -0.2) is 10.0 Å². The second kappa shape index (κ2) is 3.28. The molecule has 1 rings (SSSR count). The quantitative estimate of drug-likeness (QED) is 0.541. The fraction of sp³-hybridized carbons (Fsp3) is 0.333. The topological polar surface area (TPSA) is 20.2 Å². The molecule has 0 aliphatic carbocycles. The highest BCUT2D eigenvalue weighted by atomic mass is 32.2. The second-order valence-electron chi connectivity index (χ2n) is 2.86. The highest BCUT2D eigenvalue weighted by Gasteiger charge is 2.13. The molecule has 0 atom stereocenters. The van der Waals surface area contributed by atoms with E-state index >= 15 is 0 Å². The third kappa shape index (κ3) is 3.44. The Bertz CT molecular complexity index is 213. The molecular formula is C9H12OS. The van der Waals surface area contributed by atoms with E-state index in [1.165, 1.54) is 11.8 Å². The maximum absolute atomic E-state index is 9.43. The van der Waals surface area contributed by atoms with Crippen LogP contribution in [-0.2, 0) is 0 Å². The zero-order chi connectivity index (χ0) is 8.32. The normalized spacial score (nSPS) is 11.5. The Morgan fingerprint density at radius 1 is 1.18 bits per heavy atom. The van der Waals surface area contributed by atoms with Crippen LogP contribution in [0.1, 0.15) is 13.8 Å². The first-order chi connectivity index (χ1) is 5.08. The lowest BCUT2D eigenvalue weighted by molar-refractivity contribution is 0.179. The molecule has 1 aromatic carbocycles. The summed E-state index contributed by atoms with van der Waals surface area (Å²) in [5, 5.41) is 9.43. The standard InChI is InChI=1S/C9H12OS/c1-9(2,10)11-8-6-4-3-5-7-8/h3-7,10H,1-2H3. The van der Waals surface area contributed by atoms with E-state index in [0.717, 1.165) is 4.90 Å². The van der Waals surface area contributed by atoms with Gasteiger partial charge in [-0.1, -0.05) is 30.0 Å². The first-order valence-corrected chi connectivity index (χ1v) is 4.36. The van der Waals surface area contributed by atoms with Crippen LogP contribution in [0.4, 0.5) is 0 Å². The Balaban J connectivity index is 2.66. The van der Waals surface area contributed by atoms with Crippen LogP contribution in [0.25, 0.3) is 0 Å². The third-order valence-electron chi connectivity index (χ3n) is 1.11. The van der Waals surface area contributed by atoms with Gasteiger partial charge in [-0.2, -0.15) is 0 Å². The summed E-state index contributed by atoms with van der Waals surface area (Å²) in [6, 6.07) is 9.88. The van der Waals surface area contributed by atoms with Crippen molar-refractivity contribution in [1.82, 2.24) is 0 Å². The van der Waals surface area contributed by atoms with E-state index in [1.807, 2.05) is 30.3 Å². The van der Waals surface area contributed by atoms with Gasteiger partial charge in [0.15, 0.2) is 0 Å². The van der Waals surface area contributed by atoms with Crippen LogP contribution in [0.5, 0.6) is 0 Å². The Labute approximate surface area is 71.4 Å². The lowest BCUT2D eigenvalue weighted by Crippen LogP contribution is -2.11. The molecule has 0 bridgehead atoms. The number of hydrogen-bond acceptors (Lipinski definition) is 2. The third-order valence-corrected chi connectivity index (χ3v) is 2.12.